The summed E-state index contributed by atoms with van der Waals surface area (Å²) < 4.78 is 13.1. The first-order chi connectivity index (χ1) is 7.71. The van der Waals surface area contributed by atoms with Crippen LogP contribution in [0.2, 0.25) is 0 Å². The van der Waals surface area contributed by atoms with Gasteiger partial charge in [-0.25, -0.2) is 4.39 Å². The van der Waals surface area contributed by atoms with Crippen LogP contribution in [-0.4, -0.2) is 13.6 Å². The molecule has 0 aliphatic heterocycles. The van der Waals surface area contributed by atoms with Gasteiger partial charge >= 0.3 is 0 Å². The lowest BCUT2D eigenvalue weighted by atomic mass is 10.1. The Hall–Kier alpha value is -1.66. The van der Waals surface area contributed by atoms with Crippen molar-refractivity contribution in [3.8, 4) is 6.07 Å². The highest BCUT2D eigenvalue weighted by Gasteiger charge is 2.01. The first-order valence-corrected chi connectivity index (χ1v) is 5.25. The highest BCUT2D eigenvalue weighted by Crippen LogP contribution is 2.13. The van der Waals surface area contributed by atoms with Crippen LogP contribution >= 0.6 is 0 Å². The normalized spacial score (nSPS) is 11.2. The highest BCUT2D eigenvalue weighted by atomic mass is 19.1. The van der Waals surface area contributed by atoms with E-state index in [1.165, 1.54) is 11.6 Å². The van der Waals surface area contributed by atoms with Crippen molar-refractivity contribution in [2.24, 2.45) is 0 Å². The zero-order chi connectivity index (χ0) is 12.0. The quantitative estimate of drug-likeness (QED) is 0.843. The van der Waals surface area contributed by atoms with Gasteiger partial charge in [0.15, 0.2) is 0 Å². The van der Waals surface area contributed by atoms with E-state index in [2.05, 4.69) is 12.2 Å². The second-order valence-electron chi connectivity index (χ2n) is 3.54. The molecule has 0 saturated carbocycles. The molecule has 0 atom stereocenters. The molecule has 0 amide bonds. The van der Waals surface area contributed by atoms with Gasteiger partial charge in [-0.1, -0.05) is 24.6 Å². The van der Waals surface area contributed by atoms with Crippen LogP contribution in [0.25, 0.3) is 6.08 Å². The molecule has 0 heterocycles. The van der Waals surface area contributed by atoms with Crippen molar-refractivity contribution in [3.05, 3.63) is 40.7 Å². The largest absolute Gasteiger partial charge is 0.316 e. The maximum atomic E-state index is 13.1. The van der Waals surface area contributed by atoms with Gasteiger partial charge in [0, 0.05) is 6.54 Å². The molecule has 0 radical (unpaired) electrons. The molecule has 3 heteroatoms. The molecule has 0 saturated heterocycles. The van der Waals surface area contributed by atoms with Crippen LogP contribution in [-0.2, 0) is 0 Å². The number of benzene rings is 1. The number of rotatable bonds is 4. The van der Waals surface area contributed by atoms with Crippen molar-refractivity contribution < 1.29 is 4.39 Å². The lowest BCUT2D eigenvalue weighted by molar-refractivity contribution is 0.624. The van der Waals surface area contributed by atoms with Crippen molar-refractivity contribution in [1.29, 1.82) is 5.26 Å². The molecule has 1 N–H and O–H groups in total. The highest BCUT2D eigenvalue weighted by molar-refractivity contribution is 5.55. The van der Waals surface area contributed by atoms with Crippen molar-refractivity contribution in [3.63, 3.8) is 0 Å². The Balaban J connectivity index is 3.01. The van der Waals surface area contributed by atoms with Gasteiger partial charge in [0.1, 0.15) is 11.9 Å². The maximum absolute atomic E-state index is 13.1. The molecule has 2 nitrogen and oxygen atoms in total. The molecule has 0 spiro atoms. The molecule has 84 valence electrons. The average molecular weight is 218 g/mol. The minimum absolute atomic E-state index is 0.0914. The summed E-state index contributed by atoms with van der Waals surface area (Å²) >= 11 is 0. The number of nitrogens with one attached hydrogen (secondary N) is 1. The Morgan fingerprint density at radius 3 is 2.88 bits per heavy atom. The lowest BCUT2D eigenvalue weighted by Gasteiger charge is -2.04. The van der Waals surface area contributed by atoms with Gasteiger partial charge in [-0.15, -0.1) is 0 Å². The Kier molecular flexibility index (Phi) is 4.68. The summed E-state index contributed by atoms with van der Waals surface area (Å²) in [6, 6.07) is 6.42. The standard InChI is InChI=1S/C13H15FN2/c1-3-10(9-16-2)6-11-4-5-13(14)12(7-11)8-15/h4-7,16H,3,9H2,1-2H3/b10-6-. The van der Waals surface area contributed by atoms with Gasteiger partial charge in [-0.2, -0.15) is 5.26 Å². The molecule has 1 aromatic rings. The third-order valence-corrected chi connectivity index (χ3v) is 2.34. The van der Waals surface area contributed by atoms with E-state index in [1.807, 2.05) is 19.2 Å². The molecule has 0 unspecified atom stereocenters. The fourth-order valence-corrected chi connectivity index (χ4v) is 1.46. The number of likely N-dealkylation sites (N-methyl/N-ethyl adjacent to an activating group) is 1. The van der Waals surface area contributed by atoms with E-state index in [0.29, 0.717) is 0 Å². The molecule has 1 aromatic carbocycles. The van der Waals surface area contributed by atoms with Gasteiger partial charge in [-0.05, 0) is 31.2 Å². The first kappa shape index (κ1) is 12.4. The van der Waals surface area contributed by atoms with Gasteiger partial charge in [0.25, 0.3) is 0 Å². The molecule has 0 fully saturated rings. The Morgan fingerprint density at radius 2 is 2.31 bits per heavy atom. The van der Waals surface area contributed by atoms with E-state index in [0.717, 1.165) is 18.5 Å². The van der Waals surface area contributed by atoms with E-state index >= 15 is 0 Å². The molecule has 0 aliphatic rings. The minimum atomic E-state index is -0.466. The van der Waals surface area contributed by atoms with Crippen LogP contribution in [0.4, 0.5) is 4.39 Å². The van der Waals surface area contributed by atoms with Gasteiger partial charge < -0.3 is 5.32 Å². The van der Waals surface area contributed by atoms with E-state index in [-0.39, 0.29) is 5.56 Å². The number of nitrogens with zero attached hydrogens (tertiary/aromatic N) is 1. The maximum Gasteiger partial charge on any atom is 0.140 e. The first-order valence-electron chi connectivity index (χ1n) is 5.25. The van der Waals surface area contributed by atoms with E-state index in [1.54, 1.807) is 12.1 Å². The summed E-state index contributed by atoms with van der Waals surface area (Å²) in [5, 5.41) is 11.8. The molecule has 1 rings (SSSR count). The van der Waals surface area contributed by atoms with Crippen molar-refractivity contribution in [1.82, 2.24) is 5.32 Å². The summed E-state index contributed by atoms with van der Waals surface area (Å²) in [7, 11) is 1.88. The molecule has 0 aliphatic carbocycles. The number of hydrogen-bond donors (Lipinski definition) is 1. The Labute approximate surface area is 95.4 Å². The second-order valence-corrected chi connectivity index (χ2v) is 3.54. The summed E-state index contributed by atoms with van der Waals surface area (Å²) in [6.07, 6.45) is 2.91. The van der Waals surface area contributed by atoms with Crippen LogP contribution in [0.15, 0.2) is 23.8 Å². The van der Waals surface area contributed by atoms with Crippen LogP contribution in [0.1, 0.15) is 24.5 Å². The minimum Gasteiger partial charge on any atom is -0.316 e. The van der Waals surface area contributed by atoms with E-state index < -0.39 is 5.82 Å². The monoisotopic (exact) mass is 218 g/mol. The van der Waals surface area contributed by atoms with Crippen LogP contribution in [0, 0.1) is 17.1 Å². The molecule has 0 bridgehead atoms. The predicted molar refractivity (Wildman–Crippen MR) is 63.3 cm³/mol. The van der Waals surface area contributed by atoms with Crippen LogP contribution in [0.3, 0.4) is 0 Å². The zero-order valence-corrected chi connectivity index (χ0v) is 9.55. The van der Waals surface area contributed by atoms with Crippen molar-refractivity contribution in [2.45, 2.75) is 13.3 Å². The van der Waals surface area contributed by atoms with Gasteiger partial charge in [0.2, 0.25) is 0 Å². The SMILES string of the molecule is CC/C(=C/c1ccc(F)c(C#N)c1)CNC. The molecular formula is C13H15FN2. The van der Waals surface area contributed by atoms with Crippen LogP contribution < -0.4 is 5.32 Å². The summed E-state index contributed by atoms with van der Waals surface area (Å²) in [5.41, 5.74) is 2.18. The van der Waals surface area contributed by atoms with Crippen LogP contribution in [0.5, 0.6) is 0 Å². The summed E-state index contributed by atoms with van der Waals surface area (Å²) in [6.45, 7) is 2.87. The topological polar surface area (TPSA) is 35.8 Å². The lowest BCUT2D eigenvalue weighted by Crippen LogP contribution is -2.09. The summed E-state index contributed by atoms with van der Waals surface area (Å²) in [4.78, 5) is 0. The number of halogens is 1. The Bertz CT molecular complexity index is 430. The van der Waals surface area contributed by atoms with Crippen molar-refractivity contribution in [2.75, 3.05) is 13.6 Å². The molecular weight excluding hydrogens is 203 g/mol. The van der Waals surface area contributed by atoms with E-state index in [4.69, 9.17) is 5.26 Å². The third-order valence-electron chi connectivity index (χ3n) is 2.34. The predicted octanol–water partition coefficient (Wildman–Crippen LogP) is 2.71. The molecule has 0 aromatic heterocycles. The van der Waals surface area contributed by atoms with Crippen molar-refractivity contribution >= 4 is 6.08 Å². The summed E-state index contributed by atoms with van der Waals surface area (Å²) in [5.74, 6) is -0.466. The van der Waals surface area contributed by atoms with E-state index in [9.17, 15) is 4.39 Å². The number of hydrogen-bond acceptors (Lipinski definition) is 2. The molecule has 16 heavy (non-hydrogen) atoms. The zero-order valence-electron chi connectivity index (χ0n) is 9.55. The van der Waals surface area contributed by atoms with Gasteiger partial charge in [-0.3, -0.25) is 0 Å². The smallest absolute Gasteiger partial charge is 0.140 e. The third kappa shape index (κ3) is 3.18. The fourth-order valence-electron chi connectivity index (χ4n) is 1.46. The average Bonchev–Trinajstić information content (AvgIpc) is 2.30. The Morgan fingerprint density at radius 1 is 1.56 bits per heavy atom. The fraction of sp³-hybridized carbons (Fsp3) is 0.308. The number of nitriles is 1. The second kappa shape index (κ2) is 6.04. The van der Waals surface area contributed by atoms with Gasteiger partial charge in [0.05, 0.1) is 5.56 Å².